The Morgan fingerprint density at radius 3 is 2.52 bits per heavy atom. The number of methoxy groups -OCH3 is 1. The molecule has 1 aliphatic heterocycles. The first-order chi connectivity index (χ1) is 13.2. The molecule has 2 amide bonds. The number of rotatable bonds is 6. The minimum absolute atomic E-state index is 0.106. The van der Waals surface area contributed by atoms with Gasteiger partial charge in [-0.1, -0.05) is 24.3 Å². The lowest BCUT2D eigenvalue weighted by Gasteiger charge is -2.27. The summed E-state index contributed by atoms with van der Waals surface area (Å²) in [5, 5.41) is 2.92. The molecule has 0 unspecified atom stereocenters. The van der Waals surface area contributed by atoms with Crippen LogP contribution in [0.2, 0.25) is 0 Å². The van der Waals surface area contributed by atoms with Crippen molar-refractivity contribution in [1.82, 2.24) is 4.90 Å². The molecule has 2 aromatic rings. The second-order valence-corrected chi connectivity index (χ2v) is 6.55. The van der Waals surface area contributed by atoms with E-state index in [1.165, 1.54) is 0 Å². The fourth-order valence-corrected chi connectivity index (χ4v) is 3.03. The van der Waals surface area contributed by atoms with Crippen molar-refractivity contribution < 1.29 is 19.0 Å². The van der Waals surface area contributed by atoms with Crippen molar-refractivity contribution >= 4 is 11.7 Å². The lowest BCUT2D eigenvalue weighted by Crippen LogP contribution is -2.39. The number of amides is 2. The van der Waals surface area contributed by atoms with Crippen LogP contribution in [-0.2, 0) is 4.74 Å². The molecule has 6 heteroatoms. The van der Waals surface area contributed by atoms with Crippen molar-refractivity contribution in [3.05, 3.63) is 48.5 Å². The minimum Gasteiger partial charge on any atom is -0.493 e. The van der Waals surface area contributed by atoms with Gasteiger partial charge in [-0.05, 0) is 43.5 Å². The fourth-order valence-electron chi connectivity index (χ4n) is 3.03. The van der Waals surface area contributed by atoms with Gasteiger partial charge in [-0.2, -0.15) is 0 Å². The Morgan fingerprint density at radius 1 is 1.11 bits per heavy atom. The van der Waals surface area contributed by atoms with Gasteiger partial charge in [-0.15, -0.1) is 0 Å². The van der Waals surface area contributed by atoms with E-state index in [0.717, 1.165) is 25.9 Å². The van der Waals surface area contributed by atoms with E-state index in [2.05, 4.69) is 5.32 Å². The van der Waals surface area contributed by atoms with Gasteiger partial charge in [0.15, 0.2) is 17.2 Å². The van der Waals surface area contributed by atoms with Gasteiger partial charge < -0.3 is 24.4 Å². The number of urea groups is 1. The Hall–Kier alpha value is -2.73. The highest BCUT2D eigenvalue weighted by Gasteiger charge is 2.19. The molecule has 1 heterocycles. The summed E-state index contributed by atoms with van der Waals surface area (Å²) in [5.41, 5.74) is 0.602. The Balaban J connectivity index is 1.67. The zero-order chi connectivity index (χ0) is 19.1. The minimum atomic E-state index is -0.194. The number of hydrogen-bond acceptors (Lipinski definition) is 4. The van der Waals surface area contributed by atoms with Crippen LogP contribution in [-0.4, -0.2) is 44.3 Å². The molecule has 1 N–H and O–H groups in total. The van der Waals surface area contributed by atoms with E-state index in [1.54, 1.807) is 19.1 Å². The van der Waals surface area contributed by atoms with Crippen LogP contribution in [0, 0.1) is 0 Å². The summed E-state index contributed by atoms with van der Waals surface area (Å²) in [6, 6.07) is 14.5. The van der Waals surface area contributed by atoms with Crippen LogP contribution in [0.25, 0.3) is 0 Å². The highest BCUT2D eigenvalue weighted by Crippen LogP contribution is 2.34. The first kappa shape index (κ1) is 19.0. The Kier molecular flexibility index (Phi) is 6.54. The summed E-state index contributed by atoms with van der Waals surface area (Å²) in [6.07, 6.45) is 3.34. The molecule has 0 radical (unpaired) electrons. The second-order valence-electron chi connectivity index (χ2n) is 6.55. The van der Waals surface area contributed by atoms with E-state index in [9.17, 15) is 4.79 Å². The maximum absolute atomic E-state index is 12.6. The zero-order valence-corrected chi connectivity index (χ0v) is 15.8. The monoisotopic (exact) mass is 370 g/mol. The molecule has 144 valence electrons. The molecule has 6 nitrogen and oxygen atoms in total. The van der Waals surface area contributed by atoms with E-state index in [4.69, 9.17) is 14.2 Å². The lowest BCUT2D eigenvalue weighted by atomic mass is 10.1. The maximum Gasteiger partial charge on any atom is 0.321 e. The predicted molar refractivity (Wildman–Crippen MR) is 105 cm³/mol. The molecule has 1 saturated heterocycles. The molecule has 0 aromatic heterocycles. The first-order valence-electron chi connectivity index (χ1n) is 9.21. The lowest BCUT2D eigenvalue weighted by molar-refractivity contribution is 0.00463. The largest absolute Gasteiger partial charge is 0.493 e. The number of nitrogens with zero attached hydrogens (tertiary/aromatic N) is 1. The van der Waals surface area contributed by atoms with Crippen molar-refractivity contribution in [1.29, 1.82) is 0 Å². The molecule has 2 aromatic carbocycles. The number of ether oxygens (including phenoxy) is 3. The second kappa shape index (κ2) is 9.28. The summed E-state index contributed by atoms with van der Waals surface area (Å²) in [4.78, 5) is 14.2. The van der Waals surface area contributed by atoms with E-state index in [1.807, 2.05) is 48.5 Å². The molecule has 0 bridgehead atoms. The van der Waals surface area contributed by atoms with Crippen molar-refractivity contribution in [3.8, 4) is 17.2 Å². The van der Waals surface area contributed by atoms with Crippen molar-refractivity contribution in [2.45, 2.75) is 25.4 Å². The normalized spacial score (nSPS) is 16.4. The number of nitrogens with one attached hydrogen (secondary N) is 1. The summed E-state index contributed by atoms with van der Waals surface area (Å²) < 4.78 is 17.0. The molecule has 0 saturated carbocycles. The maximum atomic E-state index is 12.6. The van der Waals surface area contributed by atoms with Crippen LogP contribution < -0.4 is 14.8 Å². The molecule has 27 heavy (non-hydrogen) atoms. The van der Waals surface area contributed by atoms with E-state index in [-0.39, 0.29) is 12.1 Å². The van der Waals surface area contributed by atoms with Crippen LogP contribution >= 0.6 is 0 Å². The molecule has 0 aliphatic carbocycles. The van der Waals surface area contributed by atoms with Crippen LogP contribution in [0.1, 0.15) is 19.3 Å². The molecule has 3 rings (SSSR count). The molecule has 1 fully saturated rings. The number of carbonyl (C=O) groups excluding carboxylic acids is 1. The van der Waals surface area contributed by atoms with Crippen molar-refractivity contribution in [2.24, 2.45) is 0 Å². The highest BCUT2D eigenvalue weighted by atomic mass is 16.5. The average molecular weight is 370 g/mol. The summed E-state index contributed by atoms with van der Waals surface area (Å²) >= 11 is 0. The standard InChI is InChI=1S/C21H26N2O4/c1-23(15-16-9-7-8-14-26-16)21(24)22-17-10-3-4-11-18(17)27-20-13-6-5-12-19(20)25-2/h3-6,10-13,16H,7-9,14-15H2,1-2H3,(H,22,24)/t16-/m0/s1. The van der Waals surface area contributed by atoms with Gasteiger partial charge in [0.25, 0.3) is 0 Å². The third-order valence-corrected chi connectivity index (χ3v) is 4.52. The highest BCUT2D eigenvalue weighted by molar-refractivity contribution is 5.90. The number of carbonyl (C=O) groups is 1. The summed E-state index contributed by atoms with van der Waals surface area (Å²) in [7, 11) is 3.37. The Bertz CT molecular complexity index is 759. The van der Waals surface area contributed by atoms with Crippen LogP contribution in [0.5, 0.6) is 17.2 Å². The van der Waals surface area contributed by atoms with Crippen LogP contribution in [0.4, 0.5) is 10.5 Å². The van der Waals surface area contributed by atoms with Gasteiger partial charge in [0.1, 0.15) is 0 Å². The van der Waals surface area contributed by atoms with E-state index in [0.29, 0.717) is 29.5 Å². The molecule has 1 aliphatic rings. The van der Waals surface area contributed by atoms with Gasteiger partial charge in [-0.25, -0.2) is 4.79 Å². The Labute approximate surface area is 160 Å². The number of likely N-dealkylation sites (N-methyl/N-ethyl adjacent to an activating group) is 1. The van der Waals surface area contributed by atoms with Crippen LogP contribution in [0.15, 0.2) is 48.5 Å². The predicted octanol–water partition coefficient (Wildman–Crippen LogP) is 4.52. The molecule has 1 atom stereocenters. The fraction of sp³-hybridized carbons (Fsp3) is 0.381. The number of anilines is 1. The first-order valence-corrected chi connectivity index (χ1v) is 9.21. The smallest absolute Gasteiger partial charge is 0.321 e. The summed E-state index contributed by atoms with van der Waals surface area (Å²) in [5.74, 6) is 1.77. The number of benzene rings is 2. The topological polar surface area (TPSA) is 60.0 Å². The van der Waals surface area contributed by atoms with Gasteiger partial charge in [0.05, 0.1) is 18.9 Å². The van der Waals surface area contributed by atoms with E-state index < -0.39 is 0 Å². The van der Waals surface area contributed by atoms with Crippen molar-refractivity contribution in [2.75, 3.05) is 32.6 Å². The zero-order valence-electron chi connectivity index (χ0n) is 15.8. The van der Waals surface area contributed by atoms with Gasteiger partial charge in [0, 0.05) is 20.2 Å². The SMILES string of the molecule is COc1ccccc1Oc1ccccc1NC(=O)N(C)C[C@@H]1CCCCO1. The van der Waals surface area contributed by atoms with E-state index >= 15 is 0 Å². The van der Waals surface area contributed by atoms with Gasteiger partial charge in [0.2, 0.25) is 0 Å². The number of para-hydroxylation sites is 4. The quantitative estimate of drug-likeness (QED) is 0.812. The Morgan fingerprint density at radius 2 is 1.81 bits per heavy atom. The third kappa shape index (κ3) is 5.14. The number of hydrogen-bond donors (Lipinski definition) is 1. The van der Waals surface area contributed by atoms with Crippen molar-refractivity contribution in [3.63, 3.8) is 0 Å². The molecular formula is C21H26N2O4. The molecule has 0 spiro atoms. The summed E-state index contributed by atoms with van der Waals surface area (Å²) in [6.45, 7) is 1.34. The third-order valence-electron chi connectivity index (χ3n) is 4.52. The van der Waals surface area contributed by atoms with Gasteiger partial charge in [-0.3, -0.25) is 0 Å². The molecular weight excluding hydrogens is 344 g/mol. The average Bonchev–Trinajstić information content (AvgIpc) is 2.70. The van der Waals surface area contributed by atoms with Gasteiger partial charge >= 0.3 is 6.03 Å². The van der Waals surface area contributed by atoms with Crippen LogP contribution in [0.3, 0.4) is 0 Å².